The number of likely N-dealkylation sites (tertiary alicyclic amines) is 1. The Bertz CT molecular complexity index is 834. The first-order valence-electron chi connectivity index (χ1n) is 19.3. The molecule has 12 nitrogen and oxygen atoms in total. The minimum Gasteiger partial charge on any atom is -0.466 e. The summed E-state index contributed by atoms with van der Waals surface area (Å²) < 4.78 is 21.8. The molecule has 0 aromatic rings. The molecule has 3 unspecified atom stereocenters. The zero-order chi connectivity index (χ0) is 36.1. The van der Waals surface area contributed by atoms with Gasteiger partial charge < -0.3 is 39.4 Å². The summed E-state index contributed by atoms with van der Waals surface area (Å²) in [5, 5.41) is 5.60. The number of carbonyl (C=O) groups excluding carboxylic acids is 4. The second-order valence-corrected chi connectivity index (χ2v) is 13.3. The molecule has 12 heteroatoms. The zero-order valence-corrected chi connectivity index (χ0v) is 31.6. The normalized spacial score (nSPS) is 15.8. The van der Waals surface area contributed by atoms with Crippen molar-refractivity contribution in [2.24, 2.45) is 0 Å². The van der Waals surface area contributed by atoms with E-state index < -0.39 is 0 Å². The molecule has 0 saturated carbocycles. The summed E-state index contributed by atoms with van der Waals surface area (Å²) in [5.41, 5.74) is 0. The highest BCUT2D eigenvalue weighted by Gasteiger charge is 2.22. The Morgan fingerprint density at radius 1 is 0.714 bits per heavy atom. The molecule has 0 aromatic heterocycles. The smallest absolute Gasteiger partial charge is 0.407 e. The summed E-state index contributed by atoms with van der Waals surface area (Å²) in [5.74, 6) is -0.467. The first-order valence-corrected chi connectivity index (χ1v) is 19.3. The van der Waals surface area contributed by atoms with E-state index in [1.807, 2.05) is 13.8 Å². The van der Waals surface area contributed by atoms with Crippen LogP contribution >= 0.6 is 0 Å². The Morgan fingerprint density at radius 3 is 1.61 bits per heavy atom. The minimum atomic E-state index is -0.364. The van der Waals surface area contributed by atoms with Crippen LogP contribution in [0.2, 0.25) is 0 Å². The van der Waals surface area contributed by atoms with Crippen LogP contribution in [-0.4, -0.2) is 112 Å². The lowest BCUT2D eigenvalue weighted by atomic mass is 10.1. The highest BCUT2D eigenvalue weighted by atomic mass is 16.6. The monoisotopic (exact) mass is 699 g/mol. The van der Waals surface area contributed by atoms with Gasteiger partial charge in [-0.3, -0.25) is 9.59 Å². The van der Waals surface area contributed by atoms with Gasteiger partial charge in [0, 0.05) is 32.2 Å². The number of amides is 2. The van der Waals surface area contributed by atoms with E-state index in [1.54, 1.807) is 0 Å². The third kappa shape index (κ3) is 23.4. The first-order chi connectivity index (χ1) is 23.7. The number of rotatable bonds is 29. The van der Waals surface area contributed by atoms with E-state index in [4.69, 9.17) is 18.9 Å². The van der Waals surface area contributed by atoms with Crippen molar-refractivity contribution < 1.29 is 38.1 Å². The Balaban J connectivity index is 2.25. The van der Waals surface area contributed by atoms with Crippen LogP contribution in [0.15, 0.2) is 0 Å². The number of hydrogen-bond donors (Lipinski definition) is 2. The van der Waals surface area contributed by atoms with Gasteiger partial charge in [0.25, 0.3) is 0 Å². The number of ether oxygens (including phenoxy) is 4. The quantitative estimate of drug-likeness (QED) is 0.0500. The second kappa shape index (κ2) is 29.2. The van der Waals surface area contributed by atoms with Gasteiger partial charge >= 0.3 is 24.1 Å². The van der Waals surface area contributed by atoms with Crippen molar-refractivity contribution in [2.75, 3.05) is 59.5 Å². The van der Waals surface area contributed by atoms with Crippen LogP contribution in [0.4, 0.5) is 9.59 Å². The molecule has 1 saturated heterocycles. The molecule has 2 amide bonds. The van der Waals surface area contributed by atoms with Crippen molar-refractivity contribution in [3.05, 3.63) is 0 Å². The number of nitrogens with zero attached hydrogens (tertiary/aromatic N) is 2. The summed E-state index contributed by atoms with van der Waals surface area (Å²) in [7, 11) is 2.16. The van der Waals surface area contributed by atoms with Crippen molar-refractivity contribution in [3.8, 4) is 0 Å². The van der Waals surface area contributed by atoms with E-state index in [0.29, 0.717) is 45.4 Å². The van der Waals surface area contributed by atoms with Gasteiger partial charge in [-0.05, 0) is 104 Å². The summed E-state index contributed by atoms with van der Waals surface area (Å²) in [6, 6.07) is 0.530. The van der Waals surface area contributed by atoms with Crippen molar-refractivity contribution in [2.45, 2.75) is 155 Å². The molecule has 49 heavy (non-hydrogen) atoms. The van der Waals surface area contributed by atoms with Gasteiger partial charge in [0.1, 0.15) is 12.2 Å². The second-order valence-electron chi connectivity index (χ2n) is 13.3. The number of hydrogen-bond acceptors (Lipinski definition) is 10. The number of nitrogens with one attached hydrogen (secondary N) is 2. The zero-order valence-electron chi connectivity index (χ0n) is 31.6. The lowest BCUT2D eigenvalue weighted by Gasteiger charge is -2.26. The number of unbranched alkanes of at least 4 members (excludes halogenated alkanes) is 4. The largest absolute Gasteiger partial charge is 0.466 e. The standard InChI is InChI=1S/C37H70N4O8/c1-6-17-32(8-3)48-36(44)38-23-12-10-14-29-46-34(42)21-27-41(26-20-31-19-16-25-40(31)5)28-22-35(43)47-30-15-11-13-24-39-37(45)49-33(9-4)18-7-2/h31-33H,6-30H2,1-5H3,(H,38,44)(H,39,45). The van der Waals surface area contributed by atoms with Gasteiger partial charge in [-0.2, -0.15) is 0 Å². The fourth-order valence-electron chi connectivity index (χ4n) is 5.94. The first kappa shape index (κ1) is 44.4. The molecule has 0 aromatic carbocycles. The minimum absolute atomic E-state index is 0.0304. The molecule has 0 bridgehead atoms. The average Bonchev–Trinajstić information content (AvgIpc) is 3.50. The third-order valence-corrected chi connectivity index (χ3v) is 9.10. The summed E-state index contributed by atoms with van der Waals surface area (Å²) in [6.45, 7) is 13.0. The SMILES string of the molecule is CCCC(CC)OC(=O)NCCCCCOC(=O)CCN(CCC(=O)OCCCCCNC(=O)OC(CC)CCC)CCC1CCCN1C. The molecule has 1 aliphatic rings. The molecule has 1 rings (SSSR count). The van der Waals surface area contributed by atoms with Crippen LogP contribution in [0.25, 0.3) is 0 Å². The highest BCUT2D eigenvalue weighted by Crippen LogP contribution is 2.18. The molecule has 3 atom stereocenters. The molecule has 0 aliphatic carbocycles. The van der Waals surface area contributed by atoms with Crippen molar-refractivity contribution >= 4 is 24.1 Å². The van der Waals surface area contributed by atoms with Crippen LogP contribution in [-0.2, 0) is 28.5 Å². The van der Waals surface area contributed by atoms with Crippen LogP contribution in [0.5, 0.6) is 0 Å². The fourth-order valence-corrected chi connectivity index (χ4v) is 5.94. The maximum absolute atomic E-state index is 12.5. The molecule has 0 spiro atoms. The van der Waals surface area contributed by atoms with Gasteiger partial charge in [-0.25, -0.2) is 9.59 Å². The Labute approximate surface area is 297 Å². The van der Waals surface area contributed by atoms with Gasteiger partial charge in [-0.1, -0.05) is 40.5 Å². The molecule has 1 fully saturated rings. The van der Waals surface area contributed by atoms with Gasteiger partial charge in [0.2, 0.25) is 0 Å². The van der Waals surface area contributed by atoms with Crippen molar-refractivity contribution in [1.82, 2.24) is 20.4 Å². The predicted molar refractivity (Wildman–Crippen MR) is 193 cm³/mol. The maximum Gasteiger partial charge on any atom is 0.407 e. The van der Waals surface area contributed by atoms with E-state index in [9.17, 15) is 19.2 Å². The van der Waals surface area contributed by atoms with E-state index in [2.05, 4.69) is 41.3 Å². The predicted octanol–water partition coefficient (Wildman–Crippen LogP) is 6.59. The number of esters is 2. The van der Waals surface area contributed by atoms with Crippen LogP contribution in [0.1, 0.15) is 137 Å². The van der Waals surface area contributed by atoms with Crippen LogP contribution in [0.3, 0.4) is 0 Å². The molecular formula is C37H70N4O8. The molecule has 0 radical (unpaired) electrons. The summed E-state index contributed by atoms with van der Waals surface area (Å²) in [6.07, 6.45) is 13.2. The van der Waals surface area contributed by atoms with Gasteiger partial charge in [0.15, 0.2) is 0 Å². The van der Waals surface area contributed by atoms with Crippen LogP contribution in [0, 0.1) is 0 Å². The van der Waals surface area contributed by atoms with Crippen LogP contribution < -0.4 is 10.6 Å². The number of carbonyl (C=O) groups is 4. The highest BCUT2D eigenvalue weighted by molar-refractivity contribution is 5.70. The van der Waals surface area contributed by atoms with E-state index in [1.165, 1.54) is 12.8 Å². The molecule has 286 valence electrons. The molecular weight excluding hydrogens is 628 g/mol. The fraction of sp³-hybridized carbons (Fsp3) is 0.892. The average molecular weight is 699 g/mol. The van der Waals surface area contributed by atoms with Gasteiger partial charge in [0.05, 0.1) is 26.1 Å². The number of alkyl carbamates (subject to hydrolysis) is 2. The summed E-state index contributed by atoms with van der Waals surface area (Å²) >= 11 is 0. The lowest BCUT2D eigenvalue weighted by Crippen LogP contribution is -2.34. The van der Waals surface area contributed by atoms with Crippen molar-refractivity contribution in [1.29, 1.82) is 0 Å². The third-order valence-electron chi connectivity index (χ3n) is 9.10. The van der Waals surface area contributed by atoms with Gasteiger partial charge in [-0.15, -0.1) is 0 Å². The molecule has 1 aliphatic heterocycles. The molecule has 2 N–H and O–H groups in total. The van der Waals surface area contributed by atoms with Crippen molar-refractivity contribution in [3.63, 3.8) is 0 Å². The Kier molecular flexibility index (Phi) is 26.4. The topological polar surface area (TPSA) is 136 Å². The maximum atomic E-state index is 12.5. The van der Waals surface area contributed by atoms with E-state index in [-0.39, 0.29) is 49.2 Å². The van der Waals surface area contributed by atoms with E-state index in [0.717, 1.165) is 96.6 Å². The lowest BCUT2D eigenvalue weighted by molar-refractivity contribution is -0.144. The Morgan fingerprint density at radius 2 is 1.20 bits per heavy atom. The Hall–Kier alpha value is -2.60. The molecule has 1 heterocycles. The van der Waals surface area contributed by atoms with E-state index >= 15 is 0 Å². The summed E-state index contributed by atoms with van der Waals surface area (Å²) in [4.78, 5) is 53.4.